The summed E-state index contributed by atoms with van der Waals surface area (Å²) in [6.07, 6.45) is 50.5. The molecule has 0 aliphatic heterocycles. The van der Waals surface area contributed by atoms with E-state index in [-0.39, 0.29) is 32.6 Å². The molecule has 9 nitrogen and oxygen atoms in total. The van der Waals surface area contributed by atoms with Gasteiger partial charge in [0.05, 0.1) is 13.2 Å². The topological polar surface area (TPSA) is 134 Å². The minimum atomic E-state index is -4.40. The first-order chi connectivity index (χ1) is 26.8. The molecule has 0 aromatic carbocycles. The number of hydrogen-bond acceptors (Lipinski definition) is 8. The zero-order valence-electron chi connectivity index (χ0n) is 34.4. The highest BCUT2D eigenvalue weighted by atomic mass is 31.2. The van der Waals surface area contributed by atoms with Crippen molar-refractivity contribution in [3.05, 3.63) is 85.1 Å². The second-order valence-electron chi connectivity index (χ2n) is 13.5. The lowest BCUT2D eigenvalue weighted by Gasteiger charge is -2.19. The van der Waals surface area contributed by atoms with Crippen LogP contribution in [0, 0.1) is 0 Å². The molecule has 2 atom stereocenters. The lowest BCUT2D eigenvalue weighted by molar-refractivity contribution is -0.161. The number of ether oxygens (including phenoxy) is 2. The molecule has 0 spiro atoms. The van der Waals surface area contributed by atoms with E-state index in [2.05, 4.69) is 86.8 Å². The fourth-order valence-corrected chi connectivity index (χ4v) is 5.88. The maximum absolute atomic E-state index is 12.6. The van der Waals surface area contributed by atoms with Crippen LogP contribution >= 0.6 is 7.82 Å². The van der Waals surface area contributed by atoms with Crippen LogP contribution in [-0.4, -0.2) is 49.3 Å². The van der Waals surface area contributed by atoms with E-state index in [1.807, 2.05) is 12.2 Å². The number of unbranched alkanes of at least 4 members (excludes halogenated alkanes) is 11. The van der Waals surface area contributed by atoms with Crippen LogP contribution in [0.1, 0.15) is 155 Å². The lowest BCUT2D eigenvalue weighted by atomic mass is 10.1. The molecule has 0 aromatic rings. The first-order valence-electron chi connectivity index (χ1n) is 21.1. The Morgan fingerprint density at radius 1 is 0.545 bits per heavy atom. The SMILES string of the molecule is CCCCCC=CCC=CCC=CCC=CCC=CCCC(=O)OC[C@H](COP(=O)(O)OCCN)OC(=O)CCCCCCCC=CCC=CCCCCC. The highest BCUT2D eigenvalue weighted by Crippen LogP contribution is 2.43. The third-order valence-corrected chi connectivity index (χ3v) is 9.25. The molecular formula is C45H76NO8P. The number of phosphoric ester groups is 1. The molecule has 10 heteroatoms. The summed E-state index contributed by atoms with van der Waals surface area (Å²) in [5.41, 5.74) is 5.34. The summed E-state index contributed by atoms with van der Waals surface area (Å²) in [4.78, 5) is 34.8. The number of nitrogens with two attached hydrogens (primary N) is 1. The molecule has 0 aliphatic rings. The van der Waals surface area contributed by atoms with Crippen molar-refractivity contribution in [2.24, 2.45) is 5.73 Å². The van der Waals surface area contributed by atoms with E-state index in [9.17, 15) is 19.0 Å². The van der Waals surface area contributed by atoms with Crippen LogP contribution < -0.4 is 5.73 Å². The summed E-state index contributed by atoms with van der Waals surface area (Å²) >= 11 is 0. The van der Waals surface area contributed by atoms with Gasteiger partial charge >= 0.3 is 19.8 Å². The van der Waals surface area contributed by atoms with Gasteiger partial charge in [-0.05, 0) is 83.5 Å². The van der Waals surface area contributed by atoms with Crippen molar-refractivity contribution in [3.8, 4) is 0 Å². The van der Waals surface area contributed by atoms with Crippen molar-refractivity contribution in [2.75, 3.05) is 26.4 Å². The largest absolute Gasteiger partial charge is 0.472 e. The molecule has 1 unspecified atom stereocenters. The first kappa shape index (κ1) is 52.2. The van der Waals surface area contributed by atoms with Crippen LogP contribution in [0.5, 0.6) is 0 Å². The van der Waals surface area contributed by atoms with Crippen molar-refractivity contribution < 1.29 is 37.6 Å². The predicted molar refractivity (Wildman–Crippen MR) is 229 cm³/mol. The van der Waals surface area contributed by atoms with E-state index in [1.165, 1.54) is 51.4 Å². The summed E-state index contributed by atoms with van der Waals surface area (Å²) in [5, 5.41) is 0. The van der Waals surface area contributed by atoms with Gasteiger partial charge in [0.1, 0.15) is 6.61 Å². The molecule has 0 saturated heterocycles. The molecule has 0 aliphatic carbocycles. The maximum Gasteiger partial charge on any atom is 0.472 e. The van der Waals surface area contributed by atoms with Gasteiger partial charge in [0.15, 0.2) is 6.10 Å². The van der Waals surface area contributed by atoms with Gasteiger partial charge in [0, 0.05) is 19.4 Å². The van der Waals surface area contributed by atoms with Crippen LogP contribution in [-0.2, 0) is 32.7 Å². The Labute approximate surface area is 334 Å². The van der Waals surface area contributed by atoms with Gasteiger partial charge in [0.25, 0.3) is 0 Å². The normalized spacial score (nSPS) is 14.2. The molecule has 0 amide bonds. The Hall–Kier alpha value is -2.81. The van der Waals surface area contributed by atoms with Crippen molar-refractivity contribution in [2.45, 2.75) is 161 Å². The average molecular weight is 790 g/mol. The van der Waals surface area contributed by atoms with Gasteiger partial charge in [-0.3, -0.25) is 18.6 Å². The summed E-state index contributed by atoms with van der Waals surface area (Å²) in [5.74, 6) is -0.950. The smallest absolute Gasteiger partial charge is 0.462 e. The number of carbonyl (C=O) groups is 2. The molecule has 55 heavy (non-hydrogen) atoms. The molecule has 0 radical (unpaired) electrons. The molecule has 0 fully saturated rings. The number of carbonyl (C=O) groups excluding carboxylic acids is 2. The van der Waals surface area contributed by atoms with E-state index in [0.29, 0.717) is 12.8 Å². The molecule has 314 valence electrons. The number of allylic oxidation sites excluding steroid dienone is 14. The minimum absolute atomic E-state index is 0.0372. The number of hydrogen-bond donors (Lipinski definition) is 2. The number of phosphoric acid groups is 1. The fourth-order valence-electron chi connectivity index (χ4n) is 5.12. The van der Waals surface area contributed by atoms with Gasteiger partial charge in [-0.15, -0.1) is 0 Å². The molecule has 0 aromatic heterocycles. The van der Waals surface area contributed by atoms with Crippen LogP contribution in [0.25, 0.3) is 0 Å². The number of rotatable bonds is 38. The van der Waals surface area contributed by atoms with Gasteiger partial charge in [0.2, 0.25) is 0 Å². The van der Waals surface area contributed by atoms with Gasteiger partial charge < -0.3 is 20.1 Å². The van der Waals surface area contributed by atoms with E-state index in [4.69, 9.17) is 24.3 Å². The zero-order valence-corrected chi connectivity index (χ0v) is 35.3. The van der Waals surface area contributed by atoms with Crippen LogP contribution in [0.2, 0.25) is 0 Å². The molecule has 0 saturated carbocycles. The summed E-state index contributed by atoms with van der Waals surface area (Å²) in [6, 6.07) is 0. The molecular weight excluding hydrogens is 713 g/mol. The van der Waals surface area contributed by atoms with E-state index in [1.54, 1.807) is 0 Å². The molecule has 0 heterocycles. The Bertz CT molecular complexity index is 1170. The predicted octanol–water partition coefficient (Wildman–Crippen LogP) is 12.0. The quantitative estimate of drug-likeness (QED) is 0.0271. The van der Waals surface area contributed by atoms with Gasteiger partial charge in [-0.2, -0.15) is 0 Å². The Morgan fingerprint density at radius 3 is 1.47 bits per heavy atom. The summed E-state index contributed by atoms with van der Waals surface area (Å²) < 4.78 is 32.6. The highest BCUT2D eigenvalue weighted by molar-refractivity contribution is 7.47. The van der Waals surface area contributed by atoms with Crippen LogP contribution in [0.4, 0.5) is 0 Å². The highest BCUT2D eigenvalue weighted by Gasteiger charge is 2.25. The third kappa shape index (κ3) is 40.7. The number of esters is 2. The maximum atomic E-state index is 12.6. The van der Waals surface area contributed by atoms with E-state index in [0.717, 1.165) is 64.2 Å². The second kappa shape index (κ2) is 40.8. The van der Waals surface area contributed by atoms with Crippen molar-refractivity contribution >= 4 is 19.8 Å². The first-order valence-corrected chi connectivity index (χ1v) is 22.6. The minimum Gasteiger partial charge on any atom is -0.462 e. The van der Waals surface area contributed by atoms with Crippen molar-refractivity contribution in [3.63, 3.8) is 0 Å². The summed E-state index contributed by atoms with van der Waals surface area (Å²) in [7, 11) is -4.40. The molecule has 0 rings (SSSR count). The van der Waals surface area contributed by atoms with Crippen molar-refractivity contribution in [1.82, 2.24) is 0 Å². The molecule has 0 bridgehead atoms. The molecule has 3 N–H and O–H groups in total. The Kier molecular flexibility index (Phi) is 38.8. The standard InChI is InChI=1S/C45H76NO8P/c1-3-5-7-9-11-13-15-17-19-20-21-22-24-25-27-29-31-33-35-37-44(47)51-41-43(42-53-55(49,50)52-40-39-46)54-45(48)38-36-34-32-30-28-26-23-18-16-14-12-10-8-6-4-2/h11-14,17-19,21-23,25,27,31,33,43H,3-10,15-16,20,24,26,28-30,32,34-42,46H2,1-2H3,(H,49,50)/t43-/m1/s1. The van der Waals surface area contributed by atoms with E-state index >= 15 is 0 Å². The Morgan fingerprint density at radius 2 is 0.982 bits per heavy atom. The van der Waals surface area contributed by atoms with Gasteiger partial charge in [-0.25, -0.2) is 4.57 Å². The Balaban J connectivity index is 4.34. The van der Waals surface area contributed by atoms with Crippen molar-refractivity contribution in [1.29, 1.82) is 0 Å². The van der Waals surface area contributed by atoms with Crippen LogP contribution in [0.15, 0.2) is 85.1 Å². The zero-order chi connectivity index (χ0) is 40.3. The van der Waals surface area contributed by atoms with Gasteiger partial charge in [-0.1, -0.05) is 144 Å². The van der Waals surface area contributed by atoms with Crippen LogP contribution in [0.3, 0.4) is 0 Å². The summed E-state index contributed by atoms with van der Waals surface area (Å²) in [6.45, 7) is 3.55. The second-order valence-corrected chi connectivity index (χ2v) is 14.9. The third-order valence-electron chi connectivity index (χ3n) is 8.27. The monoisotopic (exact) mass is 790 g/mol. The average Bonchev–Trinajstić information content (AvgIpc) is 3.17. The fraction of sp³-hybridized carbons (Fsp3) is 0.644. The van der Waals surface area contributed by atoms with E-state index < -0.39 is 32.5 Å². The lowest BCUT2D eigenvalue weighted by Crippen LogP contribution is -2.29.